The van der Waals surface area contributed by atoms with E-state index in [1.165, 1.54) is 12.5 Å². The van der Waals surface area contributed by atoms with Crippen molar-refractivity contribution in [1.29, 1.82) is 0 Å². The van der Waals surface area contributed by atoms with E-state index in [0.29, 0.717) is 63.1 Å². The number of nitrogens with zero attached hydrogens (tertiary/aromatic N) is 1. The first-order valence-corrected chi connectivity index (χ1v) is 14.2. The molecule has 0 bridgehead atoms. The van der Waals surface area contributed by atoms with Crippen LogP contribution < -0.4 is 15.5 Å². The molecule has 0 aliphatic heterocycles. The Kier molecular flexibility index (Phi) is 10.3. The van der Waals surface area contributed by atoms with Crippen LogP contribution in [0.25, 0.3) is 10.2 Å². The van der Waals surface area contributed by atoms with Crippen molar-refractivity contribution in [2.45, 2.75) is 57.4 Å². The predicted octanol–water partition coefficient (Wildman–Crippen LogP) is 4.09. The third-order valence-electron chi connectivity index (χ3n) is 7.15. The second kappa shape index (κ2) is 13.8. The van der Waals surface area contributed by atoms with Crippen LogP contribution in [0.3, 0.4) is 0 Å². The van der Waals surface area contributed by atoms with E-state index in [2.05, 4.69) is 20.5 Å². The highest BCUT2D eigenvalue weighted by atomic mass is 32.1. The Labute approximate surface area is 225 Å². The highest BCUT2D eigenvalue weighted by molar-refractivity contribution is 7.16. The summed E-state index contributed by atoms with van der Waals surface area (Å²) in [7, 11) is 0. The average molecular weight is 547 g/mol. The summed E-state index contributed by atoms with van der Waals surface area (Å²) in [5.41, 5.74) is 1.78. The maximum absolute atomic E-state index is 14.1. The number of carbonyl (C=O) groups excluding carboxylic acids is 1. The van der Waals surface area contributed by atoms with Crippen LogP contribution in [0.5, 0.6) is 5.75 Å². The number of rotatable bonds is 13. The standard InChI is InChI=1S/C28H36F2N4O3S/c29-21-7-8-23(30)20(18-21)11-15-34(16-12-25(36)32-22-4-2-1-3-5-22)17-14-31-13-10-19-6-9-24(35)26-27(19)38-28(37)33-26/h6-9,18,22,31,35H,1-5,10-17H2,(H,32,36)(H,33,37). The van der Waals surface area contributed by atoms with Crippen LogP contribution in [0.4, 0.5) is 8.78 Å². The number of hydrogen-bond acceptors (Lipinski definition) is 6. The largest absolute Gasteiger partial charge is 0.506 e. The number of fused-ring (bicyclic) bond motifs is 1. The average Bonchev–Trinajstić information content (AvgIpc) is 3.31. The van der Waals surface area contributed by atoms with Gasteiger partial charge in [-0.15, -0.1) is 0 Å². The summed E-state index contributed by atoms with van der Waals surface area (Å²) in [5.74, 6) is -0.786. The van der Waals surface area contributed by atoms with Crippen molar-refractivity contribution < 1.29 is 18.7 Å². The Balaban J connectivity index is 1.28. The molecule has 0 atom stereocenters. The number of phenols is 1. The van der Waals surface area contributed by atoms with Gasteiger partial charge in [-0.1, -0.05) is 36.7 Å². The molecule has 1 aromatic heterocycles. The summed E-state index contributed by atoms with van der Waals surface area (Å²) < 4.78 is 28.5. The molecule has 1 aliphatic carbocycles. The molecule has 0 unspecified atom stereocenters. The highest BCUT2D eigenvalue weighted by Gasteiger charge is 2.17. The van der Waals surface area contributed by atoms with Gasteiger partial charge < -0.3 is 25.6 Å². The molecular formula is C28H36F2N4O3S. The van der Waals surface area contributed by atoms with Gasteiger partial charge in [0, 0.05) is 38.6 Å². The minimum absolute atomic E-state index is 0.0358. The van der Waals surface area contributed by atoms with Gasteiger partial charge in [0.05, 0.1) is 4.70 Å². The van der Waals surface area contributed by atoms with Crippen molar-refractivity contribution in [3.05, 3.63) is 62.8 Å². The summed E-state index contributed by atoms with van der Waals surface area (Å²) in [4.78, 5) is 28.9. The minimum Gasteiger partial charge on any atom is -0.506 e. The second-order valence-corrected chi connectivity index (χ2v) is 10.9. The highest BCUT2D eigenvalue weighted by Crippen LogP contribution is 2.27. The summed E-state index contributed by atoms with van der Waals surface area (Å²) in [6.07, 6.45) is 7.00. The number of aromatic hydroxyl groups is 1. The number of hydrogen-bond donors (Lipinski definition) is 4. The van der Waals surface area contributed by atoms with Crippen LogP contribution in [-0.2, 0) is 17.6 Å². The molecule has 1 aliphatic rings. The van der Waals surface area contributed by atoms with Crippen molar-refractivity contribution >= 4 is 27.5 Å². The fourth-order valence-corrected chi connectivity index (χ4v) is 5.91. The number of thiazole rings is 1. The summed E-state index contributed by atoms with van der Waals surface area (Å²) in [5, 5.41) is 16.5. The maximum Gasteiger partial charge on any atom is 0.305 e. The molecule has 38 heavy (non-hydrogen) atoms. The molecule has 4 rings (SSSR count). The second-order valence-electron chi connectivity index (χ2n) is 9.94. The first-order chi connectivity index (χ1) is 18.4. The number of nitrogens with one attached hydrogen (secondary N) is 3. The van der Waals surface area contributed by atoms with Gasteiger partial charge >= 0.3 is 4.87 Å². The monoisotopic (exact) mass is 546 g/mol. The van der Waals surface area contributed by atoms with Gasteiger partial charge in [-0.3, -0.25) is 9.59 Å². The first kappa shape index (κ1) is 28.2. The van der Waals surface area contributed by atoms with Gasteiger partial charge in [-0.2, -0.15) is 0 Å². The Bertz CT molecular complexity index is 1270. The molecule has 10 heteroatoms. The van der Waals surface area contributed by atoms with Crippen molar-refractivity contribution in [2.24, 2.45) is 0 Å². The van der Waals surface area contributed by atoms with E-state index < -0.39 is 11.6 Å². The SMILES string of the molecule is O=C(CCN(CCNCCc1ccc(O)c2[nH]c(=O)sc12)CCc1cc(F)ccc1F)NC1CCCCC1. The first-order valence-electron chi connectivity index (χ1n) is 13.4. The van der Waals surface area contributed by atoms with Gasteiger partial charge in [0.1, 0.15) is 22.9 Å². The molecule has 0 saturated heterocycles. The van der Waals surface area contributed by atoms with Gasteiger partial charge in [0.15, 0.2) is 0 Å². The lowest BCUT2D eigenvalue weighted by atomic mass is 9.95. The number of benzene rings is 2. The summed E-state index contributed by atoms with van der Waals surface area (Å²) in [6.45, 7) is 3.01. The Morgan fingerprint density at radius 3 is 2.66 bits per heavy atom. The fourth-order valence-electron chi connectivity index (χ4n) is 5.01. The molecule has 0 radical (unpaired) electrons. The van der Waals surface area contributed by atoms with E-state index in [-0.39, 0.29) is 22.6 Å². The van der Waals surface area contributed by atoms with Crippen molar-refractivity contribution in [1.82, 2.24) is 20.5 Å². The van der Waals surface area contributed by atoms with E-state index in [0.717, 1.165) is 59.4 Å². The molecule has 1 fully saturated rings. The van der Waals surface area contributed by atoms with Crippen molar-refractivity contribution in [3.8, 4) is 5.75 Å². The molecule has 206 valence electrons. The zero-order chi connectivity index (χ0) is 26.9. The van der Waals surface area contributed by atoms with Crippen molar-refractivity contribution in [3.63, 3.8) is 0 Å². The zero-order valence-corrected chi connectivity index (χ0v) is 22.3. The van der Waals surface area contributed by atoms with Crippen LogP contribution in [0.1, 0.15) is 49.7 Å². The minimum atomic E-state index is -0.461. The molecule has 7 nitrogen and oxygen atoms in total. The normalized spacial score (nSPS) is 14.4. The third kappa shape index (κ3) is 8.09. The number of amides is 1. The van der Waals surface area contributed by atoms with E-state index in [9.17, 15) is 23.5 Å². The molecule has 0 spiro atoms. The number of aromatic nitrogens is 1. The van der Waals surface area contributed by atoms with Crippen molar-refractivity contribution in [2.75, 3.05) is 32.7 Å². The number of aromatic amines is 1. The zero-order valence-electron chi connectivity index (χ0n) is 21.5. The van der Waals surface area contributed by atoms with Crippen LogP contribution in [-0.4, -0.2) is 59.7 Å². The van der Waals surface area contributed by atoms with E-state index in [1.807, 2.05) is 6.07 Å². The smallest absolute Gasteiger partial charge is 0.305 e. The summed E-state index contributed by atoms with van der Waals surface area (Å²) in [6, 6.07) is 7.17. The predicted molar refractivity (Wildman–Crippen MR) is 147 cm³/mol. The number of phenolic OH excluding ortho intramolecular Hbond substituents is 1. The van der Waals surface area contributed by atoms with Crippen LogP contribution >= 0.6 is 11.3 Å². The van der Waals surface area contributed by atoms with Crippen LogP contribution in [0.15, 0.2) is 35.1 Å². The molecule has 1 heterocycles. The maximum atomic E-state index is 14.1. The Hall–Kier alpha value is -2.82. The lowest BCUT2D eigenvalue weighted by Gasteiger charge is -2.25. The van der Waals surface area contributed by atoms with E-state index in [1.54, 1.807) is 6.07 Å². The fraction of sp³-hybridized carbons (Fsp3) is 0.500. The van der Waals surface area contributed by atoms with Crippen LogP contribution in [0.2, 0.25) is 0 Å². The Morgan fingerprint density at radius 2 is 1.84 bits per heavy atom. The molecular weight excluding hydrogens is 510 g/mol. The van der Waals surface area contributed by atoms with E-state index >= 15 is 0 Å². The lowest BCUT2D eigenvalue weighted by molar-refractivity contribution is -0.122. The lowest BCUT2D eigenvalue weighted by Crippen LogP contribution is -2.40. The number of H-pyrrole nitrogens is 1. The molecule has 3 aromatic rings. The number of carbonyl (C=O) groups is 1. The molecule has 4 N–H and O–H groups in total. The quantitative estimate of drug-likeness (QED) is 0.242. The Morgan fingerprint density at radius 1 is 1.03 bits per heavy atom. The van der Waals surface area contributed by atoms with E-state index in [4.69, 9.17) is 0 Å². The molecule has 2 aromatic carbocycles. The van der Waals surface area contributed by atoms with Crippen LogP contribution in [0, 0.1) is 11.6 Å². The summed E-state index contributed by atoms with van der Waals surface area (Å²) >= 11 is 1.09. The topological polar surface area (TPSA) is 97.5 Å². The van der Waals surface area contributed by atoms with Gasteiger partial charge in [-0.05, 0) is 67.6 Å². The van der Waals surface area contributed by atoms with Gasteiger partial charge in [0.2, 0.25) is 5.91 Å². The van der Waals surface area contributed by atoms with Gasteiger partial charge in [0.25, 0.3) is 0 Å². The van der Waals surface area contributed by atoms with Gasteiger partial charge in [-0.25, -0.2) is 8.78 Å². The molecule has 1 amide bonds. The number of halogens is 2. The third-order valence-corrected chi connectivity index (χ3v) is 8.10. The molecule has 1 saturated carbocycles.